The molecule has 0 atom stereocenters. The van der Waals surface area contributed by atoms with Crippen LogP contribution in [0, 0.1) is 0 Å². The van der Waals surface area contributed by atoms with Gasteiger partial charge in [-0.2, -0.15) is 0 Å². The number of hydrogen-bond acceptors (Lipinski definition) is 4. The number of rotatable bonds is 8. The van der Waals surface area contributed by atoms with E-state index in [1.165, 1.54) is 21.9 Å². The summed E-state index contributed by atoms with van der Waals surface area (Å²) in [6.45, 7) is 1.39. The molecule has 0 bridgehead atoms. The third-order valence-corrected chi connectivity index (χ3v) is 5.77. The van der Waals surface area contributed by atoms with Crippen molar-refractivity contribution in [2.45, 2.75) is 23.9 Å². The molecule has 0 saturated carbocycles. The first kappa shape index (κ1) is 18.7. The van der Waals surface area contributed by atoms with Crippen LogP contribution in [0.1, 0.15) is 17.0 Å². The Morgan fingerprint density at radius 2 is 1.68 bits per heavy atom. The minimum absolute atomic E-state index is 0.641. The van der Waals surface area contributed by atoms with E-state index in [9.17, 15) is 0 Å². The number of nitrogens with zero attached hydrogens (tertiary/aromatic N) is 3. The molecule has 0 aliphatic carbocycles. The average molecular weight is 390 g/mol. The lowest BCUT2D eigenvalue weighted by molar-refractivity contribution is 0.184. The number of ether oxygens (including phenoxy) is 1. The quantitative estimate of drug-likeness (QED) is 0.399. The van der Waals surface area contributed by atoms with E-state index < -0.39 is 0 Å². The molecule has 0 saturated heterocycles. The van der Waals surface area contributed by atoms with Gasteiger partial charge < -0.3 is 9.30 Å². The van der Waals surface area contributed by atoms with Gasteiger partial charge in [-0.1, -0.05) is 84.6 Å². The van der Waals surface area contributed by atoms with E-state index in [0.717, 1.165) is 29.7 Å². The molecule has 1 aromatic heterocycles. The molecular formula is C23H23N3OS. The fourth-order valence-electron chi connectivity index (χ4n) is 3.30. The highest BCUT2D eigenvalue weighted by Crippen LogP contribution is 2.27. The van der Waals surface area contributed by atoms with Crippen LogP contribution in [0.5, 0.6) is 0 Å². The van der Waals surface area contributed by atoms with E-state index in [1.807, 2.05) is 6.07 Å². The van der Waals surface area contributed by atoms with Gasteiger partial charge in [-0.05, 0) is 21.9 Å². The summed E-state index contributed by atoms with van der Waals surface area (Å²) in [5.41, 5.74) is 2.55. The molecule has 4 aromatic rings. The van der Waals surface area contributed by atoms with Crippen LogP contribution < -0.4 is 0 Å². The second-order valence-electron chi connectivity index (χ2n) is 6.63. The van der Waals surface area contributed by atoms with Crippen molar-refractivity contribution in [2.75, 3.05) is 13.7 Å². The molecule has 4 nitrogen and oxygen atoms in total. The fraction of sp³-hybridized carbons (Fsp3) is 0.217. The lowest BCUT2D eigenvalue weighted by atomic mass is 10.1. The van der Waals surface area contributed by atoms with Crippen molar-refractivity contribution in [1.82, 2.24) is 14.8 Å². The minimum atomic E-state index is 0.641. The van der Waals surface area contributed by atoms with Crippen molar-refractivity contribution in [1.29, 1.82) is 0 Å². The topological polar surface area (TPSA) is 39.9 Å². The lowest BCUT2D eigenvalue weighted by Crippen LogP contribution is -2.10. The number of thioether (sulfide) groups is 1. The van der Waals surface area contributed by atoms with E-state index in [2.05, 4.69) is 81.5 Å². The van der Waals surface area contributed by atoms with Gasteiger partial charge in [0.2, 0.25) is 0 Å². The van der Waals surface area contributed by atoms with Crippen LogP contribution in [-0.4, -0.2) is 28.5 Å². The van der Waals surface area contributed by atoms with Crippen LogP contribution in [0.2, 0.25) is 0 Å². The molecule has 28 heavy (non-hydrogen) atoms. The number of hydrogen-bond donors (Lipinski definition) is 0. The molecule has 3 aromatic carbocycles. The Hall–Kier alpha value is -2.63. The molecule has 1 heterocycles. The first-order valence-corrected chi connectivity index (χ1v) is 10.4. The Morgan fingerprint density at radius 3 is 2.54 bits per heavy atom. The maximum absolute atomic E-state index is 5.31. The zero-order valence-electron chi connectivity index (χ0n) is 15.9. The van der Waals surface area contributed by atoms with Gasteiger partial charge in [0.15, 0.2) is 5.16 Å². The molecule has 4 rings (SSSR count). The molecule has 0 fully saturated rings. The Labute approximate surface area is 169 Å². The van der Waals surface area contributed by atoms with Gasteiger partial charge in [-0.3, -0.25) is 0 Å². The maximum Gasteiger partial charge on any atom is 0.191 e. The van der Waals surface area contributed by atoms with Crippen molar-refractivity contribution in [3.05, 3.63) is 89.7 Å². The molecule has 0 radical (unpaired) electrons. The zero-order chi connectivity index (χ0) is 19.2. The van der Waals surface area contributed by atoms with Gasteiger partial charge in [-0.25, -0.2) is 0 Å². The normalized spacial score (nSPS) is 11.2. The van der Waals surface area contributed by atoms with Crippen LogP contribution in [-0.2, 0) is 23.5 Å². The smallest absolute Gasteiger partial charge is 0.191 e. The second-order valence-corrected chi connectivity index (χ2v) is 7.58. The third-order valence-electron chi connectivity index (χ3n) is 4.75. The SMILES string of the molecule is COCCn1c(Cc2ccccc2)nnc1SCc1cccc2ccccc12. The summed E-state index contributed by atoms with van der Waals surface area (Å²) in [5, 5.41) is 12.5. The Morgan fingerprint density at radius 1 is 0.893 bits per heavy atom. The molecular weight excluding hydrogens is 366 g/mol. The second kappa shape index (κ2) is 9.04. The van der Waals surface area contributed by atoms with Gasteiger partial charge in [-0.15, -0.1) is 10.2 Å². The standard InChI is InChI=1S/C23H23N3OS/c1-27-15-14-26-22(16-18-8-3-2-4-9-18)24-25-23(26)28-17-20-12-7-11-19-10-5-6-13-21(19)20/h2-13H,14-17H2,1H3. The van der Waals surface area contributed by atoms with Crippen LogP contribution in [0.4, 0.5) is 0 Å². The largest absolute Gasteiger partial charge is 0.383 e. The van der Waals surface area contributed by atoms with Gasteiger partial charge in [0.25, 0.3) is 0 Å². The van der Waals surface area contributed by atoms with Crippen LogP contribution in [0.3, 0.4) is 0 Å². The summed E-state index contributed by atoms with van der Waals surface area (Å²) in [7, 11) is 1.73. The minimum Gasteiger partial charge on any atom is -0.383 e. The first-order chi connectivity index (χ1) is 13.8. The van der Waals surface area contributed by atoms with E-state index in [1.54, 1.807) is 18.9 Å². The summed E-state index contributed by atoms with van der Waals surface area (Å²) in [6.07, 6.45) is 0.770. The zero-order valence-corrected chi connectivity index (χ0v) is 16.7. The highest BCUT2D eigenvalue weighted by molar-refractivity contribution is 7.98. The molecule has 5 heteroatoms. The number of aromatic nitrogens is 3. The summed E-state index contributed by atoms with van der Waals surface area (Å²) in [6, 6.07) is 25.4. The predicted molar refractivity (Wildman–Crippen MR) is 115 cm³/mol. The van der Waals surface area contributed by atoms with Gasteiger partial charge in [0.05, 0.1) is 6.61 Å². The Balaban J connectivity index is 1.56. The fourth-order valence-corrected chi connectivity index (χ4v) is 4.29. The summed E-state index contributed by atoms with van der Waals surface area (Å²) >= 11 is 1.73. The molecule has 142 valence electrons. The van der Waals surface area contributed by atoms with Gasteiger partial charge in [0.1, 0.15) is 5.82 Å². The number of benzene rings is 3. The average Bonchev–Trinajstić information content (AvgIpc) is 3.12. The Kier molecular flexibility index (Phi) is 6.04. The first-order valence-electron chi connectivity index (χ1n) is 9.39. The summed E-state index contributed by atoms with van der Waals surface area (Å²) in [5.74, 6) is 1.83. The highest BCUT2D eigenvalue weighted by Gasteiger charge is 2.14. The molecule has 0 amide bonds. The van der Waals surface area contributed by atoms with Crippen molar-refractivity contribution in [3.8, 4) is 0 Å². The third kappa shape index (κ3) is 4.26. The molecule has 0 N–H and O–H groups in total. The van der Waals surface area contributed by atoms with Crippen LogP contribution in [0.15, 0.2) is 78.0 Å². The van der Waals surface area contributed by atoms with Crippen LogP contribution in [0.25, 0.3) is 10.8 Å². The predicted octanol–water partition coefficient (Wildman–Crippen LogP) is 4.96. The van der Waals surface area contributed by atoms with Gasteiger partial charge in [0, 0.05) is 25.8 Å². The summed E-state index contributed by atoms with van der Waals surface area (Å²) < 4.78 is 7.50. The van der Waals surface area contributed by atoms with E-state index in [4.69, 9.17) is 4.74 Å². The number of fused-ring (bicyclic) bond motifs is 1. The van der Waals surface area contributed by atoms with E-state index in [-0.39, 0.29) is 0 Å². The molecule has 0 aliphatic rings. The molecule has 0 aliphatic heterocycles. The monoisotopic (exact) mass is 389 g/mol. The van der Waals surface area contributed by atoms with Crippen molar-refractivity contribution in [2.24, 2.45) is 0 Å². The lowest BCUT2D eigenvalue weighted by Gasteiger charge is -2.10. The van der Waals surface area contributed by atoms with E-state index in [0.29, 0.717) is 6.61 Å². The van der Waals surface area contributed by atoms with Crippen molar-refractivity contribution < 1.29 is 4.74 Å². The molecule has 0 spiro atoms. The molecule has 0 unspecified atom stereocenters. The number of methoxy groups -OCH3 is 1. The van der Waals surface area contributed by atoms with Crippen LogP contribution >= 0.6 is 11.8 Å². The van der Waals surface area contributed by atoms with E-state index >= 15 is 0 Å². The summed E-state index contributed by atoms with van der Waals surface area (Å²) in [4.78, 5) is 0. The Bertz CT molecular complexity index is 1040. The van der Waals surface area contributed by atoms with Crippen molar-refractivity contribution >= 4 is 22.5 Å². The van der Waals surface area contributed by atoms with Gasteiger partial charge >= 0.3 is 0 Å². The highest BCUT2D eigenvalue weighted by atomic mass is 32.2. The maximum atomic E-state index is 5.31. The van der Waals surface area contributed by atoms with Crippen molar-refractivity contribution in [3.63, 3.8) is 0 Å².